The molecule has 0 spiro atoms. The molecule has 1 saturated heterocycles. The zero-order valence-corrected chi connectivity index (χ0v) is 15.5. The van der Waals surface area contributed by atoms with Crippen molar-refractivity contribution in [1.82, 2.24) is 19.4 Å². The number of rotatable bonds is 6. The summed E-state index contributed by atoms with van der Waals surface area (Å²) in [5.74, 6) is 0. The van der Waals surface area contributed by atoms with Crippen molar-refractivity contribution in [3.05, 3.63) is 61.2 Å². The van der Waals surface area contributed by atoms with Crippen LogP contribution >= 0.6 is 0 Å². The molecule has 1 N–H and O–H groups in total. The summed E-state index contributed by atoms with van der Waals surface area (Å²) in [6, 6.07) is 14.7. The van der Waals surface area contributed by atoms with E-state index in [1.807, 2.05) is 49.1 Å². The first-order chi connectivity index (χ1) is 13.4. The summed E-state index contributed by atoms with van der Waals surface area (Å²) in [7, 11) is 0. The maximum atomic E-state index is 9.68. The molecule has 5 heteroatoms. The number of likely N-dealkylation sites (tertiary alicyclic amines) is 1. The van der Waals surface area contributed by atoms with Crippen LogP contribution in [-0.4, -0.2) is 50.3 Å². The van der Waals surface area contributed by atoms with E-state index in [1.165, 1.54) is 12.8 Å². The van der Waals surface area contributed by atoms with Gasteiger partial charge >= 0.3 is 0 Å². The number of hydrogen-bond donors (Lipinski definition) is 1. The molecule has 1 aliphatic heterocycles. The van der Waals surface area contributed by atoms with E-state index in [0.717, 1.165) is 48.6 Å². The molecule has 0 amide bonds. The van der Waals surface area contributed by atoms with E-state index in [0.29, 0.717) is 6.04 Å². The summed E-state index contributed by atoms with van der Waals surface area (Å²) >= 11 is 0. The number of piperidine rings is 1. The van der Waals surface area contributed by atoms with E-state index in [-0.39, 0.29) is 6.61 Å². The number of hydrogen-bond acceptors (Lipinski definition) is 4. The molecule has 0 radical (unpaired) electrons. The van der Waals surface area contributed by atoms with Gasteiger partial charge in [-0.2, -0.15) is 0 Å². The molecule has 2 aromatic heterocycles. The standard InChI is InChI=1S/C22H26N4O/c27-16-20-8-4-5-13-25(20)14-15-26-17-24-21(18-6-2-1-3-7-18)22(26)19-9-11-23-12-10-19/h1-3,6-7,9-12,17,20,27H,4-5,8,13-16H2/t20-/m1/s1. The average molecular weight is 362 g/mol. The predicted octanol–water partition coefficient (Wildman–Crippen LogP) is 3.46. The van der Waals surface area contributed by atoms with Crippen molar-refractivity contribution in [3.63, 3.8) is 0 Å². The first-order valence-corrected chi connectivity index (χ1v) is 9.72. The van der Waals surface area contributed by atoms with Crippen LogP contribution in [-0.2, 0) is 6.54 Å². The molecule has 1 atom stereocenters. The molecule has 27 heavy (non-hydrogen) atoms. The number of benzene rings is 1. The molecule has 1 aromatic carbocycles. The van der Waals surface area contributed by atoms with Crippen LogP contribution < -0.4 is 0 Å². The van der Waals surface area contributed by atoms with E-state index in [1.54, 1.807) is 0 Å². The minimum absolute atomic E-state index is 0.246. The number of imidazole rings is 1. The van der Waals surface area contributed by atoms with Gasteiger partial charge in [-0.15, -0.1) is 0 Å². The zero-order chi connectivity index (χ0) is 18.5. The van der Waals surface area contributed by atoms with Gasteiger partial charge in [-0.05, 0) is 31.5 Å². The highest BCUT2D eigenvalue weighted by Crippen LogP contribution is 2.31. The summed E-state index contributed by atoms with van der Waals surface area (Å²) in [5, 5.41) is 9.68. The van der Waals surface area contributed by atoms with Crippen LogP contribution in [0.3, 0.4) is 0 Å². The lowest BCUT2D eigenvalue weighted by molar-refractivity contribution is 0.0873. The van der Waals surface area contributed by atoms with Gasteiger partial charge < -0.3 is 9.67 Å². The third kappa shape index (κ3) is 3.94. The lowest BCUT2D eigenvalue weighted by atomic mass is 10.0. The topological polar surface area (TPSA) is 54.2 Å². The second kappa shape index (κ2) is 8.46. The zero-order valence-electron chi connectivity index (χ0n) is 15.5. The quantitative estimate of drug-likeness (QED) is 0.730. The number of aliphatic hydroxyl groups excluding tert-OH is 1. The summed E-state index contributed by atoms with van der Waals surface area (Å²) in [5.41, 5.74) is 4.37. The van der Waals surface area contributed by atoms with Gasteiger partial charge in [-0.3, -0.25) is 9.88 Å². The van der Waals surface area contributed by atoms with E-state index in [4.69, 9.17) is 4.98 Å². The van der Waals surface area contributed by atoms with Crippen LogP contribution in [0.2, 0.25) is 0 Å². The molecule has 4 rings (SSSR count). The van der Waals surface area contributed by atoms with Crippen molar-refractivity contribution in [3.8, 4) is 22.5 Å². The maximum absolute atomic E-state index is 9.68. The molecule has 0 bridgehead atoms. The van der Waals surface area contributed by atoms with Crippen molar-refractivity contribution in [2.45, 2.75) is 31.8 Å². The molecule has 5 nitrogen and oxygen atoms in total. The highest BCUT2D eigenvalue weighted by molar-refractivity contribution is 5.78. The average Bonchev–Trinajstić information content (AvgIpc) is 3.17. The molecule has 140 valence electrons. The van der Waals surface area contributed by atoms with Gasteiger partial charge in [0.15, 0.2) is 0 Å². The van der Waals surface area contributed by atoms with Gasteiger partial charge in [0.25, 0.3) is 0 Å². The molecule has 0 saturated carbocycles. The Bertz CT molecular complexity index is 847. The van der Waals surface area contributed by atoms with Crippen LogP contribution in [0.1, 0.15) is 19.3 Å². The first-order valence-electron chi connectivity index (χ1n) is 9.72. The smallest absolute Gasteiger partial charge is 0.0963 e. The second-order valence-electron chi connectivity index (χ2n) is 7.11. The normalized spacial score (nSPS) is 17.9. The fourth-order valence-corrected chi connectivity index (χ4v) is 3.97. The Morgan fingerprint density at radius 3 is 2.56 bits per heavy atom. The summed E-state index contributed by atoms with van der Waals surface area (Å²) in [6.07, 6.45) is 9.12. The number of aliphatic hydroxyl groups is 1. The predicted molar refractivity (Wildman–Crippen MR) is 107 cm³/mol. The Hall–Kier alpha value is -2.50. The first kappa shape index (κ1) is 17.9. The monoisotopic (exact) mass is 362 g/mol. The molecule has 3 aromatic rings. The van der Waals surface area contributed by atoms with E-state index in [2.05, 4.69) is 26.6 Å². The number of nitrogens with zero attached hydrogens (tertiary/aromatic N) is 4. The highest BCUT2D eigenvalue weighted by Gasteiger charge is 2.22. The van der Waals surface area contributed by atoms with Crippen molar-refractivity contribution in [1.29, 1.82) is 0 Å². The van der Waals surface area contributed by atoms with Gasteiger partial charge in [0, 0.05) is 42.7 Å². The van der Waals surface area contributed by atoms with E-state index < -0.39 is 0 Å². The van der Waals surface area contributed by atoms with Crippen LogP contribution in [0.25, 0.3) is 22.5 Å². The molecule has 1 aliphatic rings. The van der Waals surface area contributed by atoms with Crippen molar-refractivity contribution in [2.75, 3.05) is 19.7 Å². The van der Waals surface area contributed by atoms with Gasteiger partial charge in [-0.25, -0.2) is 4.98 Å². The maximum Gasteiger partial charge on any atom is 0.0963 e. The van der Waals surface area contributed by atoms with Gasteiger partial charge in [-0.1, -0.05) is 36.8 Å². The van der Waals surface area contributed by atoms with Gasteiger partial charge in [0.1, 0.15) is 0 Å². The third-order valence-corrected chi connectivity index (χ3v) is 5.43. The van der Waals surface area contributed by atoms with Gasteiger partial charge in [0.2, 0.25) is 0 Å². The minimum atomic E-state index is 0.246. The van der Waals surface area contributed by atoms with Gasteiger partial charge in [0.05, 0.1) is 24.3 Å². The molecule has 1 fully saturated rings. The van der Waals surface area contributed by atoms with Crippen LogP contribution in [0.15, 0.2) is 61.2 Å². The largest absolute Gasteiger partial charge is 0.395 e. The molecular weight excluding hydrogens is 336 g/mol. The lowest BCUT2D eigenvalue weighted by Gasteiger charge is -2.34. The Kier molecular flexibility index (Phi) is 5.61. The summed E-state index contributed by atoms with van der Waals surface area (Å²) in [6.45, 7) is 3.09. The van der Waals surface area contributed by atoms with Crippen molar-refractivity contribution >= 4 is 0 Å². The molecule has 0 aliphatic carbocycles. The molecule has 0 unspecified atom stereocenters. The van der Waals surface area contributed by atoms with Crippen LogP contribution in [0, 0.1) is 0 Å². The Labute approximate surface area is 160 Å². The highest BCUT2D eigenvalue weighted by atomic mass is 16.3. The Morgan fingerprint density at radius 1 is 0.963 bits per heavy atom. The Balaban J connectivity index is 1.64. The lowest BCUT2D eigenvalue weighted by Crippen LogP contribution is -2.43. The third-order valence-electron chi connectivity index (χ3n) is 5.43. The molecule has 3 heterocycles. The van der Waals surface area contributed by atoms with Crippen molar-refractivity contribution in [2.24, 2.45) is 0 Å². The summed E-state index contributed by atoms with van der Waals surface area (Å²) < 4.78 is 2.24. The fourth-order valence-electron chi connectivity index (χ4n) is 3.97. The fraction of sp³-hybridized carbons (Fsp3) is 0.364. The second-order valence-corrected chi connectivity index (χ2v) is 7.11. The van der Waals surface area contributed by atoms with Crippen molar-refractivity contribution < 1.29 is 5.11 Å². The minimum Gasteiger partial charge on any atom is -0.395 e. The SMILES string of the molecule is OC[C@H]1CCCCN1CCn1cnc(-c2ccccc2)c1-c1ccncc1. The summed E-state index contributed by atoms with van der Waals surface area (Å²) in [4.78, 5) is 11.3. The van der Waals surface area contributed by atoms with E-state index >= 15 is 0 Å². The number of pyridine rings is 1. The van der Waals surface area contributed by atoms with E-state index in [9.17, 15) is 5.11 Å². The number of aromatic nitrogens is 3. The van der Waals surface area contributed by atoms with Crippen LogP contribution in [0.4, 0.5) is 0 Å². The Morgan fingerprint density at radius 2 is 1.78 bits per heavy atom. The van der Waals surface area contributed by atoms with Crippen LogP contribution in [0.5, 0.6) is 0 Å². The molecular formula is C22H26N4O.